The van der Waals surface area contributed by atoms with E-state index >= 15 is 0 Å². The molecule has 0 bridgehead atoms. The van der Waals surface area contributed by atoms with Crippen molar-refractivity contribution in [3.05, 3.63) is 35.4 Å². The van der Waals surface area contributed by atoms with Gasteiger partial charge < -0.3 is 10.0 Å². The SMILES string of the molecule is Cc1ccc(CN2CCCN(C(=O)CN(CC(=O)O)C(C)C)CC2)cc1. The monoisotopic (exact) mass is 361 g/mol. The van der Waals surface area contributed by atoms with Crippen LogP contribution in [0.15, 0.2) is 24.3 Å². The number of hydrogen-bond donors (Lipinski definition) is 1. The molecular weight excluding hydrogens is 330 g/mol. The summed E-state index contributed by atoms with van der Waals surface area (Å²) in [7, 11) is 0. The van der Waals surface area contributed by atoms with Crippen LogP contribution in [0.5, 0.6) is 0 Å². The van der Waals surface area contributed by atoms with Crippen molar-refractivity contribution in [1.29, 1.82) is 0 Å². The van der Waals surface area contributed by atoms with Crippen LogP contribution in [0.1, 0.15) is 31.4 Å². The molecule has 1 aromatic carbocycles. The molecule has 1 fully saturated rings. The number of rotatable bonds is 7. The molecule has 144 valence electrons. The molecule has 6 heteroatoms. The number of carboxylic acid groups (broad SMARTS) is 1. The predicted molar refractivity (Wildman–Crippen MR) is 102 cm³/mol. The lowest BCUT2D eigenvalue weighted by molar-refractivity contribution is -0.140. The second-order valence-electron chi connectivity index (χ2n) is 7.39. The average molecular weight is 361 g/mol. The lowest BCUT2D eigenvalue weighted by Crippen LogP contribution is -2.45. The molecule has 26 heavy (non-hydrogen) atoms. The van der Waals surface area contributed by atoms with Gasteiger partial charge >= 0.3 is 5.97 Å². The number of carbonyl (C=O) groups excluding carboxylic acids is 1. The number of aryl methyl sites for hydroxylation is 1. The number of aliphatic carboxylic acids is 1. The Bertz CT molecular complexity index is 601. The van der Waals surface area contributed by atoms with E-state index in [1.54, 1.807) is 4.90 Å². The highest BCUT2D eigenvalue weighted by Crippen LogP contribution is 2.11. The number of nitrogens with zero attached hydrogens (tertiary/aromatic N) is 3. The number of benzene rings is 1. The van der Waals surface area contributed by atoms with E-state index in [4.69, 9.17) is 5.11 Å². The van der Waals surface area contributed by atoms with Gasteiger partial charge in [-0.1, -0.05) is 29.8 Å². The van der Waals surface area contributed by atoms with Gasteiger partial charge in [0, 0.05) is 38.8 Å². The first-order valence-electron chi connectivity index (χ1n) is 9.36. The van der Waals surface area contributed by atoms with Crippen LogP contribution in [0.2, 0.25) is 0 Å². The van der Waals surface area contributed by atoms with Crippen molar-refractivity contribution in [2.75, 3.05) is 39.3 Å². The van der Waals surface area contributed by atoms with Gasteiger partial charge in [0.25, 0.3) is 0 Å². The Morgan fingerprint density at radius 1 is 1.08 bits per heavy atom. The second-order valence-corrected chi connectivity index (χ2v) is 7.39. The predicted octanol–water partition coefficient (Wildman–Crippen LogP) is 1.82. The first-order valence-corrected chi connectivity index (χ1v) is 9.36. The Kier molecular flexibility index (Phi) is 7.60. The minimum absolute atomic E-state index is 0.0251. The molecule has 6 nitrogen and oxygen atoms in total. The Balaban J connectivity index is 1.87. The molecule has 0 aromatic heterocycles. The molecule has 0 aliphatic carbocycles. The van der Waals surface area contributed by atoms with E-state index in [2.05, 4.69) is 36.1 Å². The number of carbonyl (C=O) groups is 2. The van der Waals surface area contributed by atoms with Gasteiger partial charge in [-0.3, -0.25) is 19.4 Å². The molecule has 0 atom stereocenters. The summed E-state index contributed by atoms with van der Waals surface area (Å²) in [4.78, 5) is 29.6. The maximum atomic E-state index is 12.6. The Hall–Kier alpha value is -1.92. The third-order valence-corrected chi connectivity index (χ3v) is 4.88. The summed E-state index contributed by atoms with van der Waals surface area (Å²) >= 11 is 0. The summed E-state index contributed by atoms with van der Waals surface area (Å²) in [5, 5.41) is 9.02. The summed E-state index contributed by atoms with van der Waals surface area (Å²) in [5.41, 5.74) is 2.56. The zero-order valence-electron chi connectivity index (χ0n) is 16.1. The van der Waals surface area contributed by atoms with Crippen LogP contribution >= 0.6 is 0 Å². The average Bonchev–Trinajstić information content (AvgIpc) is 2.81. The highest BCUT2D eigenvalue weighted by Gasteiger charge is 2.23. The van der Waals surface area contributed by atoms with E-state index in [0.29, 0.717) is 6.54 Å². The van der Waals surface area contributed by atoms with Gasteiger partial charge in [-0.15, -0.1) is 0 Å². The van der Waals surface area contributed by atoms with Gasteiger partial charge in [-0.2, -0.15) is 0 Å². The number of hydrogen-bond acceptors (Lipinski definition) is 4. The van der Waals surface area contributed by atoms with Crippen molar-refractivity contribution in [3.8, 4) is 0 Å². The van der Waals surface area contributed by atoms with Crippen molar-refractivity contribution in [3.63, 3.8) is 0 Å². The van der Waals surface area contributed by atoms with Gasteiger partial charge in [0.05, 0.1) is 13.1 Å². The Labute approximate surface area is 156 Å². The lowest BCUT2D eigenvalue weighted by Gasteiger charge is -2.28. The Morgan fingerprint density at radius 2 is 1.77 bits per heavy atom. The van der Waals surface area contributed by atoms with Crippen LogP contribution in [0.3, 0.4) is 0 Å². The third-order valence-electron chi connectivity index (χ3n) is 4.88. The molecule has 1 aliphatic rings. The molecule has 0 unspecified atom stereocenters. The van der Waals surface area contributed by atoms with E-state index in [1.165, 1.54) is 11.1 Å². The number of carboxylic acids is 1. The third kappa shape index (κ3) is 6.42. The summed E-state index contributed by atoms with van der Waals surface area (Å²) in [6, 6.07) is 8.61. The van der Waals surface area contributed by atoms with E-state index in [1.807, 2.05) is 18.7 Å². The highest BCUT2D eigenvalue weighted by molar-refractivity contribution is 5.79. The summed E-state index contributed by atoms with van der Waals surface area (Å²) in [5.74, 6) is -0.872. The second kappa shape index (κ2) is 9.69. The topological polar surface area (TPSA) is 64.1 Å². The quantitative estimate of drug-likeness (QED) is 0.803. The summed E-state index contributed by atoms with van der Waals surface area (Å²) in [6.07, 6.45) is 0.943. The van der Waals surface area contributed by atoms with Crippen LogP contribution in [-0.2, 0) is 16.1 Å². The van der Waals surface area contributed by atoms with Gasteiger partial charge in [0.2, 0.25) is 5.91 Å². The zero-order valence-corrected chi connectivity index (χ0v) is 16.1. The zero-order chi connectivity index (χ0) is 19.1. The molecule has 1 N–H and O–H groups in total. The molecule has 0 spiro atoms. The van der Waals surface area contributed by atoms with Crippen molar-refractivity contribution in [2.24, 2.45) is 0 Å². The lowest BCUT2D eigenvalue weighted by atomic mass is 10.1. The van der Waals surface area contributed by atoms with E-state index in [0.717, 1.165) is 32.6 Å². The standard InChI is InChI=1S/C20H31N3O3/c1-16(2)23(15-20(25)26)14-19(24)22-10-4-9-21(11-12-22)13-18-7-5-17(3)6-8-18/h5-8,16H,4,9-15H2,1-3H3,(H,25,26). The molecule has 1 amide bonds. The van der Waals surface area contributed by atoms with Crippen molar-refractivity contribution in [1.82, 2.24) is 14.7 Å². The van der Waals surface area contributed by atoms with Crippen LogP contribution in [-0.4, -0.2) is 77.0 Å². The molecule has 0 radical (unpaired) electrons. The van der Waals surface area contributed by atoms with Crippen molar-refractivity contribution in [2.45, 2.75) is 39.8 Å². The van der Waals surface area contributed by atoms with E-state index in [-0.39, 0.29) is 25.0 Å². The van der Waals surface area contributed by atoms with Crippen LogP contribution < -0.4 is 0 Å². The maximum Gasteiger partial charge on any atom is 0.317 e. The van der Waals surface area contributed by atoms with Crippen LogP contribution in [0.4, 0.5) is 0 Å². The largest absolute Gasteiger partial charge is 0.480 e. The first kappa shape index (κ1) is 20.4. The maximum absolute atomic E-state index is 12.6. The molecule has 1 aromatic rings. The van der Waals surface area contributed by atoms with Gasteiger partial charge in [-0.05, 0) is 32.8 Å². The van der Waals surface area contributed by atoms with Gasteiger partial charge in [0.15, 0.2) is 0 Å². The molecule has 1 heterocycles. The van der Waals surface area contributed by atoms with E-state index in [9.17, 15) is 9.59 Å². The van der Waals surface area contributed by atoms with E-state index < -0.39 is 5.97 Å². The molecule has 1 saturated heterocycles. The van der Waals surface area contributed by atoms with Crippen molar-refractivity contribution >= 4 is 11.9 Å². The summed E-state index contributed by atoms with van der Waals surface area (Å²) < 4.78 is 0. The van der Waals surface area contributed by atoms with Gasteiger partial charge in [0.1, 0.15) is 0 Å². The number of amides is 1. The van der Waals surface area contributed by atoms with Crippen molar-refractivity contribution < 1.29 is 14.7 Å². The fraction of sp³-hybridized carbons (Fsp3) is 0.600. The summed E-state index contributed by atoms with van der Waals surface area (Å²) in [6.45, 7) is 10.2. The first-order chi connectivity index (χ1) is 12.3. The molecular formula is C20H31N3O3. The fourth-order valence-electron chi connectivity index (χ4n) is 3.20. The highest BCUT2D eigenvalue weighted by atomic mass is 16.4. The van der Waals surface area contributed by atoms with Crippen LogP contribution in [0, 0.1) is 6.92 Å². The molecule has 2 rings (SSSR count). The van der Waals surface area contributed by atoms with Crippen LogP contribution in [0.25, 0.3) is 0 Å². The normalized spacial score (nSPS) is 16.1. The molecule has 1 aliphatic heterocycles. The Morgan fingerprint density at radius 3 is 2.38 bits per heavy atom. The minimum atomic E-state index is -0.897. The smallest absolute Gasteiger partial charge is 0.317 e. The molecule has 0 saturated carbocycles. The minimum Gasteiger partial charge on any atom is -0.480 e. The van der Waals surface area contributed by atoms with Gasteiger partial charge in [-0.25, -0.2) is 0 Å². The fourth-order valence-corrected chi connectivity index (χ4v) is 3.20.